The van der Waals surface area contributed by atoms with Gasteiger partial charge in [-0.2, -0.15) is 0 Å². The highest BCUT2D eigenvalue weighted by molar-refractivity contribution is 5.94. The molecule has 1 aromatic rings. The van der Waals surface area contributed by atoms with Crippen LogP contribution in [-0.4, -0.2) is 67.1 Å². The summed E-state index contributed by atoms with van der Waals surface area (Å²) < 4.78 is 5.89. The van der Waals surface area contributed by atoms with Crippen molar-refractivity contribution in [2.24, 2.45) is 11.8 Å². The monoisotopic (exact) mass is 289 g/mol. The summed E-state index contributed by atoms with van der Waals surface area (Å²) in [6, 6.07) is 1.90. The van der Waals surface area contributed by atoms with Crippen molar-refractivity contribution in [3.8, 4) is 0 Å². The van der Waals surface area contributed by atoms with E-state index in [2.05, 4.69) is 24.0 Å². The molecule has 2 aliphatic rings. The molecule has 5 heteroatoms. The summed E-state index contributed by atoms with van der Waals surface area (Å²) in [7, 11) is 4.17. The summed E-state index contributed by atoms with van der Waals surface area (Å²) in [4.78, 5) is 20.8. The minimum atomic E-state index is 0.0767. The number of nitrogens with zero attached hydrogens (tertiary/aromatic N) is 3. The van der Waals surface area contributed by atoms with Crippen molar-refractivity contribution in [1.29, 1.82) is 0 Å². The number of ether oxygens (including phenoxy) is 1. The molecule has 0 N–H and O–H groups in total. The van der Waals surface area contributed by atoms with Crippen LogP contribution in [0.2, 0.25) is 0 Å². The van der Waals surface area contributed by atoms with Gasteiger partial charge in [0.15, 0.2) is 0 Å². The Morgan fingerprint density at radius 2 is 2.24 bits per heavy atom. The molecule has 0 unspecified atom stereocenters. The molecule has 1 aromatic heterocycles. The molecule has 2 fully saturated rings. The van der Waals surface area contributed by atoms with Gasteiger partial charge in [-0.25, -0.2) is 0 Å². The lowest BCUT2D eigenvalue weighted by atomic mass is 9.93. The highest BCUT2D eigenvalue weighted by atomic mass is 16.5. The van der Waals surface area contributed by atoms with Crippen LogP contribution in [0.5, 0.6) is 0 Å². The first-order valence-corrected chi connectivity index (χ1v) is 7.52. The Labute approximate surface area is 125 Å². The summed E-state index contributed by atoms with van der Waals surface area (Å²) >= 11 is 0. The van der Waals surface area contributed by atoms with Gasteiger partial charge in [-0.3, -0.25) is 9.78 Å². The van der Waals surface area contributed by atoms with Gasteiger partial charge >= 0.3 is 0 Å². The Balaban J connectivity index is 1.68. The highest BCUT2D eigenvalue weighted by Gasteiger charge is 2.45. The summed E-state index contributed by atoms with van der Waals surface area (Å²) in [5.41, 5.74) is 1.70. The maximum absolute atomic E-state index is 12.6. The molecule has 0 aromatic carbocycles. The number of carbonyl (C=O) groups excluding carboxylic acids is 1. The molecule has 0 aliphatic carbocycles. The third-order valence-electron chi connectivity index (χ3n) is 4.45. The van der Waals surface area contributed by atoms with Crippen LogP contribution in [0.3, 0.4) is 0 Å². The summed E-state index contributed by atoms with van der Waals surface area (Å²) in [5, 5.41) is 0. The molecule has 5 nitrogen and oxygen atoms in total. The van der Waals surface area contributed by atoms with Crippen molar-refractivity contribution in [2.45, 2.75) is 13.0 Å². The van der Waals surface area contributed by atoms with Gasteiger partial charge in [-0.15, -0.1) is 0 Å². The molecule has 0 spiro atoms. The first-order valence-electron chi connectivity index (χ1n) is 7.52. The van der Waals surface area contributed by atoms with Crippen molar-refractivity contribution in [2.75, 3.05) is 40.3 Å². The van der Waals surface area contributed by atoms with Gasteiger partial charge in [0.25, 0.3) is 5.91 Å². The number of hydrogen-bond acceptors (Lipinski definition) is 4. The topological polar surface area (TPSA) is 45.7 Å². The summed E-state index contributed by atoms with van der Waals surface area (Å²) in [6.45, 7) is 5.31. The van der Waals surface area contributed by atoms with Gasteiger partial charge < -0.3 is 14.5 Å². The number of fused-ring (bicyclic) bond motifs is 1. The Hall–Kier alpha value is -1.46. The number of aryl methyl sites for hydroxylation is 1. The van der Waals surface area contributed by atoms with E-state index in [1.807, 2.05) is 17.9 Å². The fourth-order valence-electron chi connectivity index (χ4n) is 3.48. The lowest BCUT2D eigenvalue weighted by Crippen LogP contribution is -2.33. The molecular formula is C16H23N3O2. The average Bonchev–Trinajstić information content (AvgIpc) is 2.99. The predicted molar refractivity (Wildman–Crippen MR) is 80.2 cm³/mol. The number of carbonyl (C=O) groups is 1. The zero-order chi connectivity index (χ0) is 15.0. The van der Waals surface area contributed by atoms with E-state index in [0.29, 0.717) is 23.9 Å². The number of amides is 1. The zero-order valence-electron chi connectivity index (χ0n) is 13.0. The number of pyridine rings is 1. The van der Waals surface area contributed by atoms with Crippen LogP contribution in [0, 0.1) is 18.8 Å². The van der Waals surface area contributed by atoms with E-state index in [4.69, 9.17) is 4.74 Å². The second-order valence-corrected chi connectivity index (χ2v) is 6.52. The largest absolute Gasteiger partial charge is 0.376 e. The summed E-state index contributed by atoms with van der Waals surface area (Å²) in [6.07, 6.45) is 3.63. The van der Waals surface area contributed by atoms with E-state index in [1.165, 1.54) is 0 Å². The fourth-order valence-corrected chi connectivity index (χ4v) is 3.48. The standard InChI is InChI=1S/C16H23N3O2/c1-11-4-12(6-17-5-11)16(20)19-8-14-13(7-18(2)3)10-21-15(14)9-19/h4-6,13-15H,7-10H2,1-3H3/t13-,14-,15-/m1/s1. The minimum Gasteiger partial charge on any atom is -0.376 e. The molecular weight excluding hydrogens is 266 g/mol. The van der Waals surface area contributed by atoms with Crippen LogP contribution in [0.4, 0.5) is 0 Å². The molecule has 0 bridgehead atoms. The van der Waals surface area contributed by atoms with E-state index in [9.17, 15) is 4.79 Å². The van der Waals surface area contributed by atoms with Crippen molar-refractivity contribution >= 4 is 5.91 Å². The highest BCUT2D eigenvalue weighted by Crippen LogP contribution is 2.34. The Bertz CT molecular complexity index is 532. The van der Waals surface area contributed by atoms with Crippen LogP contribution >= 0.6 is 0 Å². The Kier molecular flexibility index (Phi) is 3.95. The molecule has 0 radical (unpaired) electrons. The maximum atomic E-state index is 12.6. The molecule has 3 atom stereocenters. The average molecular weight is 289 g/mol. The van der Waals surface area contributed by atoms with Crippen molar-refractivity contribution in [3.63, 3.8) is 0 Å². The number of aromatic nitrogens is 1. The summed E-state index contributed by atoms with van der Waals surface area (Å²) in [5.74, 6) is 1.07. The van der Waals surface area contributed by atoms with Gasteiger partial charge in [-0.05, 0) is 32.6 Å². The maximum Gasteiger partial charge on any atom is 0.255 e. The SMILES string of the molecule is Cc1cncc(C(=O)N2C[C@@H]3[C@H](CN(C)C)CO[C@@H]3C2)c1. The molecule has 2 aliphatic heterocycles. The number of hydrogen-bond donors (Lipinski definition) is 0. The molecule has 2 saturated heterocycles. The quantitative estimate of drug-likeness (QED) is 0.834. The number of likely N-dealkylation sites (tertiary alicyclic amines) is 1. The molecule has 1 amide bonds. The molecule has 3 heterocycles. The first kappa shape index (κ1) is 14.5. The van der Waals surface area contributed by atoms with E-state index >= 15 is 0 Å². The zero-order valence-corrected chi connectivity index (χ0v) is 13.0. The molecule has 114 valence electrons. The Morgan fingerprint density at radius 1 is 1.43 bits per heavy atom. The van der Waals surface area contributed by atoms with Crippen molar-refractivity contribution < 1.29 is 9.53 Å². The lowest BCUT2D eigenvalue weighted by molar-refractivity contribution is 0.0670. The first-order chi connectivity index (χ1) is 10.0. The van der Waals surface area contributed by atoms with Crippen molar-refractivity contribution in [1.82, 2.24) is 14.8 Å². The Morgan fingerprint density at radius 3 is 2.95 bits per heavy atom. The van der Waals surface area contributed by atoms with Crippen LogP contribution in [0.15, 0.2) is 18.5 Å². The van der Waals surface area contributed by atoms with E-state index < -0.39 is 0 Å². The normalized spacial score (nSPS) is 28.2. The van der Waals surface area contributed by atoms with Crippen molar-refractivity contribution in [3.05, 3.63) is 29.6 Å². The van der Waals surface area contributed by atoms with E-state index in [1.54, 1.807) is 12.4 Å². The van der Waals surface area contributed by atoms with Crippen LogP contribution < -0.4 is 0 Å². The number of rotatable bonds is 3. The molecule has 3 rings (SSSR count). The third-order valence-corrected chi connectivity index (χ3v) is 4.45. The van der Waals surface area contributed by atoms with Gasteiger partial charge in [0.05, 0.1) is 18.3 Å². The second kappa shape index (κ2) is 5.73. The third kappa shape index (κ3) is 2.94. The van der Waals surface area contributed by atoms with Gasteiger partial charge in [0.2, 0.25) is 0 Å². The predicted octanol–water partition coefficient (Wildman–Crippen LogP) is 1.04. The van der Waals surface area contributed by atoms with Gasteiger partial charge in [0, 0.05) is 43.9 Å². The van der Waals surface area contributed by atoms with E-state index in [-0.39, 0.29) is 12.0 Å². The van der Waals surface area contributed by atoms with Crippen LogP contribution in [-0.2, 0) is 4.74 Å². The van der Waals surface area contributed by atoms with Gasteiger partial charge in [0.1, 0.15) is 0 Å². The minimum absolute atomic E-state index is 0.0767. The van der Waals surface area contributed by atoms with Crippen LogP contribution in [0.25, 0.3) is 0 Å². The molecule has 0 saturated carbocycles. The van der Waals surface area contributed by atoms with E-state index in [0.717, 1.165) is 25.3 Å². The second-order valence-electron chi connectivity index (χ2n) is 6.52. The molecule has 21 heavy (non-hydrogen) atoms. The van der Waals surface area contributed by atoms with Gasteiger partial charge in [-0.1, -0.05) is 0 Å². The lowest BCUT2D eigenvalue weighted by Gasteiger charge is -2.22. The van der Waals surface area contributed by atoms with Crippen LogP contribution in [0.1, 0.15) is 15.9 Å². The fraction of sp³-hybridized carbons (Fsp3) is 0.625. The smallest absolute Gasteiger partial charge is 0.255 e.